The number of hydrogen-bond donors (Lipinski definition) is 1. The van der Waals surface area contributed by atoms with Crippen LogP contribution < -0.4 is 14.8 Å². The number of ether oxygens (including phenoxy) is 2. The highest BCUT2D eigenvalue weighted by Crippen LogP contribution is 2.25. The summed E-state index contributed by atoms with van der Waals surface area (Å²) in [4.78, 5) is 15.1. The van der Waals surface area contributed by atoms with Crippen molar-refractivity contribution in [2.75, 3.05) is 32.8 Å². The Kier molecular flexibility index (Phi) is 7.37. The van der Waals surface area contributed by atoms with E-state index in [0.717, 1.165) is 38.2 Å². The Morgan fingerprint density at radius 2 is 1.88 bits per heavy atom. The first-order valence-corrected chi connectivity index (χ1v) is 9.10. The molecule has 0 saturated carbocycles. The molecular weight excluding hydrogens is 304 g/mol. The minimum absolute atomic E-state index is 0.0598. The molecule has 0 aliphatic carbocycles. The zero-order valence-corrected chi connectivity index (χ0v) is 15.1. The van der Waals surface area contributed by atoms with E-state index in [0.29, 0.717) is 24.5 Å². The molecule has 1 aliphatic heterocycles. The number of benzene rings is 1. The third kappa shape index (κ3) is 5.13. The number of rotatable bonds is 8. The van der Waals surface area contributed by atoms with Gasteiger partial charge in [-0.25, -0.2) is 0 Å². The second-order valence-electron chi connectivity index (χ2n) is 6.11. The Hall–Kier alpha value is -1.75. The lowest BCUT2D eigenvalue weighted by Gasteiger charge is -2.32. The van der Waals surface area contributed by atoms with Gasteiger partial charge < -0.3 is 19.7 Å². The van der Waals surface area contributed by atoms with Gasteiger partial charge in [-0.15, -0.1) is 0 Å². The molecule has 0 radical (unpaired) electrons. The topological polar surface area (TPSA) is 50.8 Å². The van der Waals surface area contributed by atoms with Crippen LogP contribution in [-0.4, -0.2) is 49.7 Å². The molecule has 1 aromatic rings. The summed E-state index contributed by atoms with van der Waals surface area (Å²) >= 11 is 0. The lowest BCUT2D eigenvalue weighted by molar-refractivity contribution is 0.0907. The molecule has 0 atom stereocenters. The molecule has 1 fully saturated rings. The summed E-state index contributed by atoms with van der Waals surface area (Å²) in [5, 5.41) is 3.16. The molecule has 1 amide bonds. The standard InChI is InChI=1S/C19H30N2O3/c1-4-11-21-12-9-15(10-13-21)20-19(22)17-8-7-16(23-5-2)14-18(17)24-6-3/h7-8,14-15H,4-6,9-13H2,1-3H3,(H,20,22). The van der Waals surface area contributed by atoms with E-state index >= 15 is 0 Å². The molecule has 0 aromatic heterocycles. The smallest absolute Gasteiger partial charge is 0.255 e. The van der Waals surface area contributed by atoms with Gasteiger partial charge in [-0.2, -0.15) is 0 Å². The van der Waals surface area contributed by atoms with E-state index in [1.54, 1.807) is 12.1 Å². The Morgan fingerprint density at radius 3 is 2.50 bits per heavy atom. The SMILES string of the molecule is CCCN1CCC(NC(=O)c2ccc(OCC)cc2OCC)CC1. The van der Waals surface area contributed by atoms with Gasteiger partial charge in [0.25, 0.3) is 5.91 Å². The van der Waals surface area contributed by atoms with Gasteiger partial charge in [-0.05, 0) is 51.8 Å². The third-order valence-corrected chi connectivity index (χ3v) is 4.27. The first-order chi connectivity index (χ1) is 11.7. The summed E-state index contributed by atoms with van der Waals surface area (Å²) < 4.78 is 11.1. The summed E-state index contributed by atoms with van der Waals surface area (Å²) in [7, 11) is 0. The van der Waals surface area contributed by atoms with Crippen molar-refractivity contribution in [3.63, 3.8) is 0 Å². The fourth-order valence-corrected chi connectivity index (χ4v) is 3.10. The van der Waals surface area contributed by atoms with Crippen molar-refractivity contribution < 1.29 is 14.3 Å². The molecule has 0 bridgehead atoms. The highest BCUT2D eigenvalue weighted by molar-refractivity contribution is 5.97. The number of carbonyl (C=O) groups is 1. The average Bonchev–Trinajstić information content (AvgIpc) is 2.58. The highest BCUT2D eigenvalue weighted by Gasteiger charge is 2.22. The van der Waals surface area contributed by atoms with Crippen molar-refractivity contribution in [1.82, 2.24) is 10.2 Å². The molecule has 24 heavy (non-hydrogen) atoms. The molecule has 1 aromatic carbocycles. The number of amides is 1. The van der Waals surface area contributed by atoms with Crippen LogP contribution in [0.15, 0.2) is 18.2 Å². The van der Waals surface area contributed by atoms with Crippen molar-refractivity contribution in [1.29, 1.82) is 0 Å². The third-order valence-electron chi connectivity index (χ3n) is 4.27. The maximum atomic E-state index is 12.6. The molecule has 1 saturated heterocycles. The fourth-order valence-electron chi connectivity index (χ4n) is 3.10. The van der Waals surface area contributed by atoms with Crippen LogP contribution in [0, 0.1) is 0 Å². The number of carbonyl (C=O) groups excluding carboxylic acids is 1. The summed E-state index contributed by atoms with van der Waals surface area (Å²) in [6, 6.07) is 5.65. The molecule has 2 rings (SSSR count). The fraction of sp³-hybridized carbons (Fsp3) is 0.632. The van der Waals surface area contributed by atoms with E-state index in [-0.39, 0.29) is 11.9 Å². The highest BCUT2D eigenvalue weighted by atomic mass is 16.5. The summed E-state index contributed by atoms with van der Waals surface area (Å²) in [6.45, 7) is 10.4. The number of hydrogen-bond acceptors (Lipinski definition) is 4. The second-order valence-corrected chi connectivity index (χ2v) is 6.11. The van der Waals surface area contributed by atoms with Gasteiger partial charge in [0, 0.05) is 25.2 Å². The van der Waals surface area contributed by atoms with E-state index in [2.05, 4.69) is 17.1 Å². The van der Waals surface area contributed by atoms with Crippen LogP contribution in [0.4, 0.5) is 0 Å². The van der Waals surface area contributed by atoms with Crippen LogP contribution in [0.3, 0.4) is 0 Å². The molecule has 5 nitrogen and oxygen atoms in total. The quantitative estimate of drug-likeness (QED) is 0.794. The molecule has 1 N–H and O–H groups in total. The van der Waals surface area contributed by atoms with Gasteiger partial charge in [0.2, 0.25) is 0 Å². The van der Waals surface area contributed by atoms with Gasteiger partial charge in [-0.3, -0.25) is 4.79 Å². The Morgan fingerprint density at radius 1 is 1.17 bits per heavy atom. The Balaban J connectivity index is 1.98. The maximum Gasteiger partial charge on any atom is 0.255 e. The van der Waals surface area contributed by atoms with Crippen LogP contribution in [0.1, 0.15) is 50.4 Å². The lowest BCUT2D eigenvalue weighted by Crippen LogP contribution is -2.44. The van der Waals surface area contributed by atoms with E-state index in [9.17, 15) is 4.79 Å². The van der Waals surface area contributed by atoms with Crippen LogP contribution in [0.25, 0.3) is 0 Å². The minimum atomic E-state index is -0.0598. The van der Waals surface area contributed by atoms with Crippen molar-refractivity contribution in [2.45, 2.75) is 46.1 Å². The van der Waals surface area contributed by atoms with E-state index in [1.807, 2.05) is 19.9 Å². The van der Waals surface area contributed by atoms with Crippen LogP contribution in [-0.2, 0) is 0 Å². The van der Waals surface area contributed by atoms with Crippen molar-refractivity contribution >= 4 is 5.91 Å². The first-order valence-electron chi connectivity index (χ1n) is 9.10. The van der Waals surface area contributed by atoms with Crippen LogP contribution in [0.5, 0.6) is 11.5 Å². The number of piperidine rings is 1. The molecule has 0 unspecified atom stereocenters. The number of nitrogens with zero attached hydrogens (tertiary/aromatic N) is 1. The van der Waals surface area contributed by atoms with E-state index in [4.69, 9.17) is 9.47 Å². The largest absolute Gasteiger partial charge is 0.494 e. The zero-order chi connectivity index (χ0) is 17.4. The molecule has 1 aliphatic rings. The summed E-state index contributed by atoms with van der Waals surface area (Å²) in [5.74, 6) is 1.25. The molecular formula is C19H30N2O3. The summed E-state index contributed by atoms with van der Waals surface area (Å²) in [5.41, 5.74) is 0.580. The lowest BCUT2D eigenvalue weighted by atomic mass is 10.0. The molecule has 5 heteroatoms. The Labute approximate surface area is 145 Å². The van der Waals surface area contributed by atoms with Crippen molar-refractivity contribution in [3.8, 4) is 11.5 Å². The van der Waals surface area contributed by atoms with Crippen LogP contribution in [0.2, 0.25) is 0 Å². The molecule has 134 valence electrons. The van der Waals surface area contributed by atoms with E-state index in [1.165, 1.54) is 6.42 Å². The summed E-state index contributed by atoms with van der Waals surface area (Å²) in [6.07, 6.45) is 3.19. The predicted octanol–water partition coefficient (Wildman–Crippen LogP) is 3.09. The second kappa shape index (κ2) is 9.52. The van der Waals surface area contributed by atoms with E-state index < -0.39 is 0 Å². The minimum Gasteiger partial charge on any atom is -0.494 e. The average molecular weight is 334 g/mol. The van der Waals surface area contributed by atoms with Gasteiger partial charge >= 0.3 is 0 Å². The van der Waals surface area contributed by atoms with Crippen LogP contribution >= 0.6 is 0 Å². The Bertz CT molecular complexity index is 525. The maximum absolute atomic E-state index is 12.6. The van der Waals surface area contributed by atoms with Gasteiger partial charge in [0.05, 0.1) is 18.8 Å². The monoisotopic (exact) mass is 334 g/mol. The number of nitrogens with one attached hydrogen (secondary N) is 1. The first kappa shape index (κ1) is 18.6. The van der Waals surface area contributed by atoms with Crippen molar-refractivity contribution in [3.05, 3.63) is 23.8 Å². The normalized spacial score (nSPS) is 16.0. The molecule has 0 spiro atoms. The van der Waals surface area contributed by atoms with Gasteiger partial charge in [0.1, 0.15) is 11.5 Å². The van der Waals surface area contributed by atoms with Gasteiger partial charge in [-0.1, -0.05) is 6.92 Å². The van der Waals surface area contributed by atoms with Crippen molar-refractivity contribution in [2.24, 2.45) is 0 Å². The zero-order valence-electron chi connectivity index (χ0n) is 15.1. The van der Waals surface area contributed by atoms with Gasteiger partial charge in [0.15, 0.2) is 0 Å². The molecule has 1 heterocycles. The number of likely N-dealkylation sites (tertiary alicyclic amines) is 1. The predicted molar refractivity (Wildman–Crippen MR) is 96.0 cm³/mol.